The molecule has 0 amide bonds. The van der Waals surface area contributed by atoms with Crippen LogP contribution in [0.1, 0.15) is 13.8 Å². The second kappa shape index (κ2) is 5.31. The molecule has 0 aliphatic carbocycles. The van der Waals surface area contributed by atoms with Crippen molar-refractivity contribution < 1.29 is 4.74 Å². The normalized spacial score (nSPS) is 23.6. The van der Waals surface area contributed by atoms with Gasteiger partial charge in [0.2, 0.25) is 0 Å². The molecule has 0 saturated carbocycles. The standard InChI is InChI=1S/C15H18N2OS/c1-11-8-17(9-12(2)18-11)15-16-14(10-19-15)13-6-4-3-5-7-13/h3-7,10-12H,8-9H2,1-2H3. The van der Waals surface area contributed by atoms with E-state index in [2.05, 4.69) is 36.3 Å². The zero-order chi connectivity index (χ0) is 13.2. The molecule has 2 unspecified atom stereocenters. The third-order valence-corrected chi connectivity index (χ3v) is 4.15. The molecule has 2 aromatic rings. The minimum absolute atomic E-state index is 0.271. The predicted molar refractivity (Wildman–Crippen MR) is 79.8 cm³/mol. The zero-order valence-corrected chi connectivity index (χ0v) is 12.1. The van der Waals surface area contributed by atoms with E-state index in [1.165, 1.54) is 5.56 Å². The van der Waals surface area contributed by atoms with Crippen molar-refractivity contribution in [3.05, 3.63) is 35.7 Å². The maximum Gasteiger partial charge on any atom is 0.186 e. The summed E-state index contributed by atoms with van der Waals surface area (Å²) in [4.78, 5) is 7.09. The van der Waals surface area contributed by atoms with E-state index >= 15 is 0 Å². The van der Waals surface area contributed by atoms with Gasteiger partial charge in [-0.15, -0.1) is 11.3 Å². The monoisotopic (exact) mass is 274 g/mol. The van der Waals surface area contributed by atoms with E-state index in [1.807, 2.05) is 18.2 Å². The van der Waals surface area contributed by atoms with Crippen LogP contribution < -0.4 is 4.90 Å². The topological polar surface area (TPSA) is 25.4 Å². The largest absolute Gasteiger partial charge is 0.372 e. The number of aromatic nitrogens is 1. The number of ether oxygens (including phenoxy) is 1. The molecule has 0 radical (unpaired) electrons. The molecule has 1 aromatic carbocycles. The summed E-state index contributed by atoms with van der Waals surface area (Å²) in [7, 11) is 0. The van der Waals surface area contributed by atoms with Crippen LogP contribution >= 0.6 is 11.3 Å². The molecule has 100 valence electrons. The summed E-state index contributed by atoms with van der Waals surface area (Å²) in [6, 6.07) is 10.3. The SMILES string of the molecule is CC1CN(c2nc(-c3ccccc3)cs2)CC(C)O1. The number of hydrogen-bond donors (Lipinski definition) is 0. The lowest BCUT2D eigenvalue weighted by Gasteiger charge is -2.35. The molecule has 1 aliphatic heterocycles. The van der Waals surface area contributed by atoms with Crippen molar-refractivity contribution >= 4 is 16.5 Å². The first-order chi connectivity index (χ1) is 9.22. The van der Waals surface area contributed by atoms with Crippen LogP contribution in [0.2, 0.25) is 0 Å². The van der Waals surface area contributed by atoms with Crippen LogP contribution in [0.25, 0.3) is 11.3 Å². The molecule has 1 aliphatic rings. The number of nitrogens with zero attached hydrogens (tertiary/aromatic N) is 2. The Kier molecular flexibility index (Phi) is 3.53. The number of benzene rings is 1. The number of morpholine rings is 1. The van der Waals surface area contributed by atoms with Crippen molar-refractivity contribution in [2.24, 2.45) is 0 Å². The average molecular weight is 274 g/mol. The molecule has 0 spiro atoms. The van der Waals surface area contributed by atoms with E-state index in [4.69, 9.17) is 9.72 Å². The van der Waals surface area contributed by atoms with E-state index in [1.54, 1.807) is 11.3 Å². The summed E-state index contributed by atoms with van der Waals surface area (Å²) in [5, 5.41) is 3.23. The molecule has 0 N–H and O–H groups in total. The van der Waals surface area contributed by atoms with Crippen LogP contribution in [0.15, 0.2) is 35.7 Å². The van der Waals surface area contributed by atoms with Crippen molar-refractivity contribution in [1.82, 2.24) is 4.98 Å². The first-order valence-corrected chi connectivity index (χ1v) is 7.51. The summed E-state index contributed by atoms with van der Waals surface area (Å²) in [6.07, 6.45) is 0.542. The average Bonchev–Trinajstić information content (AvgIpc) is 2.88. The molecule has 4 heteroatoms. The fraction of sp³-hybridized carbons (Fsp3) is 0.400. The molecule has 3 nitrogen and oxygen atoms in total. The Balaban J connectivity index is 1.81. The number of anilines is 1. The number of rotatable bonds is 2. The lowest BCUT2D eigenvalue weighted by atomic mass is 10.2. The van der Waals surface area contributed by atoms with Crippen molar-refractivity contribution in [2.45, 2.75) is 26.1 Å². The van der Waals surface area contributed by atoms with Gasteiger partial charge in [0.15, 0.2) is 5.13 Å². The molecular formula is C15H18N2OS. The Morgan fingerprint density at radius 1 is 1.16 bits per heavy atom. The summed E-state index contributed by atoms with van der Waals surface area (Å²) in [5.41, 5.74) is 2.24. The Labute approximate surface area is 117 Å². The van der Waals surface area contributed by atoms with Crippen LogP contribution in [0.4, 0.5) is 5.13 Å². The molecule has 2 atom stereocenters. The van der Waals surface area contributed by atoms with Crippen LogP contribution in [0.5, 0.6) is 0 Å². The highest BCUT2D eigenvalue weighted by Gasteiger charge is 2.24. The highest BCUT2D eigenvalue weighted by Crippen LogP contribution is 2.29. The summed E-state index contributed by atoms with van der Waals surface area (Å²) >= 11 is 1.71. The van der Waals surface area contributed by atoms with Gasteiger partial charge < -0.3 is 9.64 Å². The number of hydrogen-bond acceptors (Lipinski definition) is 4. The maximum atomic E-state index is 5.76. The number of thiazole rings is 1. The summed E-state index contributed by atoms with van der Waals surface area (Å²) < 4.78 is 5.76. The van der Waals surface area contributed by atoms with Gasteiger partial charge in [0.05, 0.1) is 17.9 Å². The van der Waals surface area contributed by atoms with Crippen molar-refractivity contribution in [3.63, 3.8) is 0 Å². The fourth-order valence-corrected chi connectivity index (χ4v) is 3.34. The van der Waals surface area contributed by atoms with Crippen LogP contribution in [0, 0.1) is 0 Å². The van der Waals surface area contributed by atoms with E-state index < -0.39 is 0 Å². The molecule has 1 aromatic heterocycles. The van der Waals surface area contributed by atoms with Crippen LogP contribution in [-0.4, -0.2) is 30.3 Å². The minimum atomic E-state index is 0.271. The highest BCUT2D eigenvalue weighted by molar-refractivity contribution is 7.14. The summed E-state index contributed by atoms with van der Waals surface area (Å²) in [5.74, 6) is 0. The van der Waals surface area contributed by atoms with E-state index in [-0.39, 0.29) is 12.2 Å². The summed E-state index contributed by atoms with van der Waals surface area (Å²) in [6.45, 7) is 6.08. The van der Waals surface area contributed by atoms with Crippen molar-refractivity contribution in [1.29, 1.82) is 0 Å². The van der Waals surface area contributed by atoms with Crippen LogP contribution in [0.3, 0.4) is 0 Å². The third kappa shape index (κ3) is 2.80. The Morgan fingerprint density at radius 3 is 2.53 bits per heavy atom. The Morgan fingerprint density at radius 2 is 1.84 bits per heavy atom. The first kappa shape index (κ1) is 12.6. The van der Waals surface area contributed by atoms with E-state index in [0.717, 1.165) is 23.9 Å². The smallest absolute Gasteiger partial charge is 0.186 e. The van der Waals surface area contributed by atoms with Gasteiger partial charge in [-0.25, -0.2) is 4.98 Å². The fourth-order valence-electron chi connectivity index (χ4n) is 2.49. The van der Waals surface area contributed by atoms with Gasteiger partial charge in [-0.1, -0.05) is 30.3 Å². The first-order valence-electron chi connectivity index (χ1n) is 6.64. The second-order valence-electron chi connectivity index (χ2n) is 5.04. The minimum Gasteiger partial charge on any atom is -0.372 e. The van der Waals surface area contributed by atoms with Gasteiger partial charge in [-0.2, -0.15) is 0 Å². The van der Waals surface area contributed by atoms with E-state index in [9.17, 15) is 0 Å². The van der Waals surface area contributed by atoms with Gasteiger partial charge in [0.25, 0.3) is 0 Å². The van der Waals surface area contributed by atoms with Gasteiger partial charge in [-0.05, 0) is 13.8 Å². The van der Waals surface area contributed by atoms with Gasteiger partial charge in [0.1, 0.15) is 0 Å². The van der Waals surface area contributed by atoms with Crippen molar-refractivity contribution in [3.8, 4) is 11.3 Å². The lowest BCUT2D eigenvalue weighted by Crippen LogP contribution is -2.45. The van der Waals surface area contributed by atoms with Crippen LogP contribution in [-0.2, 0) is 4.74 Å². The Hall–Kier alpha value is -1.39. The van der Waals surface area contributed by atoms with Gasteiger partial charge in [0, 0.05) is 24.0 Å². The Bertz CT molecular complexity index is 530. The molecule has 0 bridgehead atoms. The quantitative estimate of drug-likeness (QED) is 0.839. The molecule has 1 fully saturated rings. The zero-order valence-electron chi connectivity index (χ0n) is 11.2. The lowest BCUT2D eigenvalue weighted by molar-refractivity contribution is -0.00522. The predicted octanol–water partition coefficient (Wildman–Crippen LogP) is 3.42. The van der Waals surface area contributed by atoms with Gasteiger partial charge in [-0.3, -0.25) is 0 Å². The second-order valence-corrected chi connectivity index (χ2v) is 5.88. The molecular weight excluding hydrogens is 256 g/mol. The molecule has 3 rings (SSSR count). The molecule has 19 heavy (non-hydrogen) atoms. The van der Waals surface area contributed by atoms with Gasteiger partial charge >= 0.3 is 0 Å². The highest BCUT2D eigenvalue weighted by atomic mass is 32.1. The third-order valence-electron chi connectivity index (χ3n) is 3.25. The van der Waals surface area contributed by atoms with E-state index in [0.29, 0.717) is 0 Å². The molecule has 1 saturated heterocycles. The maximum absolute atomic E-state index is 5.76. The molecule has 2 heterocycles. The van der Waals surface area contributed by atoms with Crippen molar-refractivity contribution in [2.75, 3.05) is 18.0 Å².